The molecule has 2 fully saturated rings. The molecule has 2 heterocycles. The zero-order valence-corrected chi connectivity index (χ0v) is 16.3. The smallest absolute Gasteiger partial charge is 0.188 e. The summed E-state index contributed by atoms with van der Waals surface area (Å²) in [6.07, 6.45) is 4.54. The first kappa shape index (κ1) is 19.2. The molecule has 0 bridgehead atoms. The van der Waals surface area contributed by atoms with Crippen molar-refractivity contribution in [2.45, 2.75) is 51.0 Å². The van der Waals surface area contributed by atoms with Crippen molar-refractivity contribution in [2.24, 2.45) is 10.7 Å². The lowest BCUT2D eigenvalue weighted by molar-refractivity contribution is 0.0529. The van der Waals surface area contributed by atoms with Gasteiger partial charge in [0.15, 0.2) is 5.96 Å². The van der Waals surface area contributed by atoms with Gasteiger partial charge in [-0.2, -0.15) is 0 Å². The third kappa shape index (κ3) is 4.38. The van der Waals surface area contributed by atoms with Crippen LogP contribution in [-0.4, -0.2) is 56.3 Å². The molecule has 2 aliphatic heterocycles. The van der Waals surface area contributed by atoms with E-state index in [1.807, 2.05) is 0 Å². The molecular weight excluding hydrogens is 324 g/mol. The van der Waals surface area contributed by atoms with E-state index in [4.69, 9.17) is 15.5 Å². The SMILES string of the molecule is CCN1CCCC1CNC(N)=NCC1(c2ccccc2C)CCOCC1. The van der Waals surface area contributed by atoms with Crippen molar-refractivity contribution in [3.8, 4) is 0 Å². The van der Waals surface area contributed by atoms with Gasteiger partial charge in [-0.25, -0.2) is 0 Å². The highest BCUT2D eigenvalue weighted by atomic mass is 16.5. The molecule has 1 atom stereocenters. The normalized spacial score (nSPS) is 23.9. The van der Waals surface area contributed by atoms with Crippen LogP contribution in [0.15, 0.2) is 29.3 Å². The molecule has 1 unspecified atom stereocenters. The van der Waals surface area contributed by atoms with E-state index in [0.29, 0.717) is 12.0 Å². The molecule has 5 nitrogen and oxygen atoms in total. The van der Waals surface area contributed by atoms with Gasteiger partial charge < -0.3 is 15.8 Å². The van der Waals surface area contributed by atoms with Gasteiger partial charge in [-0.15, -0.1) is 0 Å². The molecule has 5 heteroatoms. The van der Waals surface area contributed by atoms with E-state index in [9.17, 15) is 0 Å². The van der Waals surface area contributed by atoms with Crippen molar-refractivity contribution < 1.29 is 4.74 Å². The topological polar surface area (TPSA) is 62.9 Å². The second-order valence-electron chi connectivity index (χ2n) is 7.71. The minimum Gasteiger partial charge on any atom is -0.381 e. The molecule has 1 aromatic carbocycles. The van der Waals surface area contributed by atoms with Crippen molar-refractivity contribution in [1.29, 1.82) is 0 Å². The Balaban J connectivity index is 1.65. The largest absolute Gasteiger partial charge is 0.381 e. The molecule has 2 aliphatic rings. The van der Waals surface area contributed by atoms with Gasteiger partial charge in [-0.1, -0.05) is 31.2 Å². The van der Waals surface area contributed by atoms with Crippen LogP contribution in [0.2, 0.25) is 0 Å². The first-order valence-corrected chi connectivity index (χ1v) is 10.1. The fraction of sp³-hybridized carbons (Fsp3) is 0.667. The molecule has 26 heavy (non-hydrogen) atoms. The van der Waals surface area contributed by atoms with E-state index in [-0.39, 0.29) is 5.41 Å². The monoisotopic (exact) mass is 358 g/mol. The maximum absolute atomic E-state index is 6.22. The van der Waals surface area contributed by atoms with Crippen LogP contribution in [-0.2, 0) is 10.2 Å². The molecular formula is C21H34N4O. The Hall–Kier alpha value is -1.59. The predicted octanol–water partition coefficient (Wildman–Crippen LogP) is 2.43. The molecule has 2 saturated heterocycles. The highest BCUT2D eigenvalue weighted by Gasteiger charge is 2.35. The zero-order valence-electron chi connectivity index (χ0n) is 16.3. The van der Waals surface area contributed by atoms with E-state index >= 15 is 0 Å². The number of nitrogens with zero attached hydrogens (tertiary/aromatic N) is 2. The summed E-state index contributed by atoms with van der Waals surface area (Å²) >= 11 is 0. The van der Waals surface area contributed by atoms with Gasteiger partial charge in [0.1, 0.15) is 0 Å². The first-order chi connectivity index (χ1) is 12.6. The van der Waals surface area contributed by atoms with Crippen molar-refractivity contribution in [1.82, 2.24) is 10.2 Å². The number of aryl methyl sites for hydroxylation is 1. The second-order valence-corrected chi connectivity index (χ2v) is 7.71. The van der Waals surface area contributed by atoms with Crippen molar-refractivity contribution in [2.75, 3.05) is 39.4 Å². The summed E-state index contributed by atoms with van der Waals surface area (Å²) in [4.78, 5) is 7.28. The second kappa shape index (κ2) is 8.87. The average Bonchev–Trinajstić information content (AvgIpc) is 3.13. The summed E-state index contributed by atoms with van der Waals surface area (Å²) in [6.45, 7) is 9.95. The van der Waals surface area contributed by atoms with Crippen LogP contribution >= 0.6 is 0 Å². The van der Waals surface area contributed by atoms with Crippen LogP contribution in [0.1, 0.15) is 43.7 Å². The highest BCUT2D eigenvalue weighted by Crippen LogP contribution is 2.36. The van der Waals surface area contributed by atoms with E-state index in [0.717, 1.165) is 45.7 Å². The standard InChI is InChI=1S/C21H34N4O/c1-3-25-12-6-8-18(25)15-23-20(22)24-16-21(10-13-26-14-11-21)19-9-5-4-7-17(19)2/h4-5,7,9,18H,3,6,8,10-16H2,1-2H3,(H3,22,23,24). The fourth-order valence-electron chi connectivity index (χ4n) is 4.50. The van der Waals surface area contributed by atoms with Crippen LogP contribution < -0.4 is 11.1 Å². The highest BCUT2D eigenvalue weighted by molar-refractivity contribution is 5.77. The van der Waals surface area contributed by atoms with Gasteiger partial charge >= 0.3 is 0 Å². The third-order valence-electron chi connectivity index (χ3n) is 6.14. The molecule has 3 N–H and O–H groups in total. The quantitative estimate of drug-likeness (QED) is 0.606. The number of likely N-dealkylation sites (tertiary alicyclic amines) is 1. The Morgan fingerprint density at radius 1 is 1.35 bits per heavy atom. The van der Waals surface area contributed by atoms with Crippen LogP contribution in [0, 0.1) is 6.92 Å². The van der Waals surface area contributed by atoms with E-state index in [1.165, 1.54) is 30.5 Å². The minimum absolute atomic E-state index is 0.0404. The molecule has 0 aliphatic carbocycles. The van der Waals surface area contributed by atoms with Gasteiger partial charge in [0.2, 0.25) is 0 Å². The number of hydrogen-bond acceptors (Lipinski definition) is 3. The molecule has 0 amide bonds. The molecule has 3 rings (SSSR count). The van der Waals surface area contributed by atoms with Gasteiger partial charge in [0, 0.05) is 31.2 Å². The summed E-state index contributed by atoms with van der Waals surface area (Å²) in [5.74, 6) is 0.576. The summed E-state index contributed by atoms with van der Waals surface area (Å²) in [5.41, 5.74) is 8.99. The zero-order chi connectivity index (χ0) is 18.4. The number of guanidine groups is 1. The number of rotatable bonds is 6. The first-order valence-electron chi connectivity index (χ1n) is 10.1. The number of benzene rings is 1. The number of nitrogens with two attached hydrogens (primary N) is 1. The summed E-state index contributed by atoms with van der Waals surface area (Å²) < 4.78 is 5.63. The number of ether oxygens (including phenoxy) is 1. The number of nitrogens with one attached hydrogen (secondary N) is 1. The van der Waals surface area contributed by atoms with Gasteiger partial charge in [0.05, 0.1) is 6.54 Å². The lowest BCUT2D eigenvalue weighted by atomic mass is 9.72. The Kier molecular flexibility index (Phi) is 6.54. The van der Waals surface area contributed by atoms with Crippen molar-refractivity contribution in [3.63, 3.8) is 0 Å². The van der Waals surface area contributed by atoms with Gasteiger partial charge in [-0.05, 0) is 56.8 Å². The summed E-state index contributed by atoms with van der Waals surface area (Å²) in [5, 5.41) is 3.37. The Labute approximate surface area is 158 Å². The Bertz CT molecular complexity index is 610. The fourth-order valence-corrected chi connectivity index (χ4v) is 4.50. The van der Waals surface area contributed by atoms with Crippen LogP contribution in [0.25, 0.3) is 0 Å². The van der Waals surface area contributed by atoms with Crippen molar-refractivity contribution in [3.05, 3.63) is 35.4 Å². The predicted molar refractivity (Wildman–Crippen MR) is 108 cm³/mol. The third-order valence-corrected chi connectivity index (χ3v) is 6.14. The maximum Gasteiger partial charge on any atom is 0.188 e. The Morgan fingerprint density at radius 3 is 2.85 bits per heavy atom. The molecule has 0 spiro atoms. The van der Waals surface area contributed by atoms with Crippen molar-refractivity contribution >= 4 is 5.96 Å². The summed E-state index contributed by atoms with van der Waals surface area (Å²) in [7, 11) is 0. The molecule has 144 valence electrons. The number of hydrogen-bond donors (Lipinski definition) is 2. The van der Waals surface area contributed by atoms with Crippen LogP contribution in [0.4, 0.5) is 0 Å². The molecule has 0 aromatic heterocycles. The van der Waals surface area contributed by atoms with E-state index in [1.54, 1.807) is 0 Å². The van der Waals surface area contributed by atoms with Gasteiger partial charge in [-0.3, -0.25) is 9.89 Å². The maximum atomic E-state index is 6.22. The molecule has 0 saturated carbocycles. The van der Waals surface area contributed by atoms with Gasteiger partial charge in [0.25, 0.3) is 0 Å². The molecule has 0 radical (unpaired) electrons. The summed E-state index contributed by atoms with van der Waals surface area (Å²) in [6, 6.07) is 9.26. The van der Waals surface area contributed by atoms with E-state index < -0.39 is 0 Å². The number of likely N-dealkylation sites (N-methyl/N-ethyl adjacent to an activating group) is 1. The number of aliphatic imine (C=N–C) groups is 1. The Morgan fingerprint density at radius 2 is 2.12 bits per heavy atom. The lowest BCUT2D eigenvalue weighted by Gasteiger charge is -2.37. The van der Waals surface area contributed by atoms with Crippen LogP contribution in [0.5, 0.6) is 0 Å². The van der Waals surface area contributed by atoms with Crippen LogP contribution in [0.3, 0.4) is 0 Å². The molecule has 1 aromatic rings. The average molecular weight is 359 g/mol. The lowest BCUT2D eigenvalue weighted by Crippen LogP contribution is -2.44. The minimum atomic E-state index is 0.0404. The van der Waals surface area contributed by atoms with E-state index in [2.05, 4.69) is 48.3 Å².